The maximum atomic E-state index is 13.4. The highest BCUT2D eigenvalue weighted by Crippen LogP contribution is 2.17. The fourth-order valence-corrected chi connectivity index (χ4v) is 2.46. The van der Waals surface area contributed by atoms with Crippen LogP contribution in [0.2, 0.25) is 5.02 Å². The Morgan fingerprint density at radius 2 is 2.06 bits per heavy atom. The number of benzene rings is 1. The molecule has 2 aromatic rings. The lowest BCUT2D eigenvalue weighted by Gasteiger charge is -2.04. The molecule has 0 aliphatic carbocycles. The SMILES string of the molecule is Fc1cccc(Cl)c1C[NH2+]Cc1cccs1. The Morgan fingerprint density at radius 3 is 2.75 bits per heavy atom. The number of halogens is 2. The first kappa shape index (κ1) is 11.6. The van der Waals surface area contributed by atoms with Crippen molar-refractivity contribution in [3.05, 3.63) is 57.0 Å². The lowest BCUT2D eigenvalue weighted by atomic mass is 10.2. The monoisotopic (exact) mass is 256 g/mol. The first-order chi connectivity index (χ1) is 7.77. The number of hydrogen-bond donors (Lipinski definition) is 1. The molecule has 16 heavy (non-hydrogen) atoms. The predicted molar refractivity (Wildman–Crippen MR) is 65.1 cm³/mol. The van der Waals surface area contributed by atoms with Gasteiger partial charge in [-0.15, -0.1) is 11.3 Å². The molecule has 2 N–H and O–H groups in total. The van der Waals surface area contributed by atoms with Crippen molar-refractivity contribution in [1.82, 2.24) is 0 Å². The third-order valence-electron chi connectivity index (χ3n) is 2.34. The van der Waals surface area contributed by atoms with Crippen LogP contribution in [0, 0.1) is 5.82 Å². The predicted octanol–water partition coefficient (Wildman–Crippen LogP) is 2.80. The fraction of sp³-hybridized carbons (Fsp3) is 0.167. The van der Waals surface area contributed by atoms with Gasteiger partial charge in [-0.05, 0) is 23.6 Å². The van der Waals surface area contributed by atoms with Crippen molar-refractivity contribution in [3.63, 3.8) is 0 Å². The second kappa shape index (κ2) is 5.43. The van der Waals surface area contributed by atoms with Crippen LogP contribution in [-0.2, 0) is 13.1 Å². The molecule has 4 heteroatoms. The van der Waals surface area contributed by atoms with E-state index < -0.39 is 0 Å². The molecule has 0 fully saturated rings. The van der Waals surface area contributed by atoms with Gasteiger partial charge < -0.3 is 5.32 Å². The topological polar surface area (TPSA) is 16.6 Å². The molecule has 1 aromatic heterocycles. The summed E-state index contributed by atoms with van der Waals surface area (Å²) in [4.78, 5) is 1.28. The van der Waals surface area contributed by atoms with Crippen molar-refractivity contribution in [2.24, 2.45) is 0 Å². The van der Waals surface area contributed by atoms with Crippen LogP contribution in [0.5, 0.6) is 0 Å². The van der Waals surface area contributed by atoms with Gasteiger partial charge >= 0.3 is 0 Å². The van der Waals surface area contributed by atoms with Crippen molar-refractivity contribution in [3.8, 4) is 0 Å². The molecule has 0 aliphatic heterocycles. The Labute approximate surface area is 103 Å². The standard InChI is InChI=1S/C12H11ClFNS/c13-11-4-1-5-12(14)10(11)8-15-7-9-3-2-6-16-9/h1-6,15H,7-8H2/p+1. The zero-order chi connectivity index (χ0) is 11.4. The fourth-order valence-electron chi connectivity index (χ4n) is 1.51. The quantitative estimate of drug-likeness (QED) is 0.866. The van der Waals surface area contributed by atoms with Crippen molar-refractivity contribution in [1.29, 1.82) is 0 Å². The van der Waals surface area contributed by atoms with Crippen LogP contribution in [0.3, 0.4) is 0 Å². The third-order valence-corrected chi connectivity index (χ3v) is 3.59. The second-order valence-corrected chi connectivity index (χ2v) is 4.92. The molecule has 0 spiro atoms. The van der Waals surface area contributed by atoms with Gasteiger partial charge in [0.05, 0.1) is 15.5 Å². The van der Waals surface area contributed by atoms with Crippen LogP contribution in [-0.4, -0.2) is 0 Å². The molecule has 0 saturated heterocycles. The molecule has 0 amide bonds. The van der Waals surface area contributed by atoms with Gasteiger partial charge in [-0.3, -0.25) is 0 Å². The molecule has 2 rings (SSSR count). The second-order valence-electron chi connectivity index (χ2n) is 3.48. The average molecular weight is 257 g/mol. The molecular weight excluding hydrogens is 245 g/mol. The molecule has 1 aromatic carbocycles. The van der Waals surface area contributed by atoms with E-state index in [0.717, 1.165) is 6.54 Å². The zero-order valence-electron chi connectivity index (χ0n) is 8.62. The summed E-state index contributed by atoms with van der Waals surface area (Å²) in [5, 5.41) is 4.59. The van der Waals surface area contributed by atoms with Gasteiger partial charge in [-0.1, -0.05) is 23.7 Å². The van der Waals surface area contributed by atoms with E-state index >= 15 is 0 Å². The van der Waals surface area contributed by atoms with Gasteiger partial charge in [0, 0.05) is 0 Å². The smallest absolute Gasteiger partial charge is 0.133 e. The Bertz CT molecular complexity index is 436. The van der Waals surface area contributed by atoms with Crippen LogP contribution in [0.15, 0.2) is 35.7 Å². The normalized spacial score (nSPS) is 10.6. The van der Waals surface area contributed by atoms with Crippen LogP contribution >= 0.6 is 22.9 Å². The summed E-state index contributed by atoms with van der Waals surface area (Å²) in [6.07, 6.45) is 0. The molecule has 84 valence electrons. The highest BCUT2D eigenvalue weighted by Gasteiger charge is 2.08. The van der Waals surface area contributed by atoms with E-state index in [4.69, 9.17) is 11.6 Å². The summed E-state index contributed by atoms with van der Waals surface area (Å²) in [5.41, 5.74) is 0.584. The first-order valence-electron chi connectivity index (χ1n) is 5.04. The van der Waals surface area contributed by atoms with Crippen LogP contribution in [0.25, 0.3) is 0 Å². The maximum Gasteiger partial charge on any atom is 0.133 e. The summed E-state index contributed by atoms with van der Waals surface area (Å²) in [6.45, 7) is 1.44. The Balaban J connectivity index is 1.95. The minimum absolute atomic E-state index is 0.227. The van der Waals surface area contributed by atoms with E-state index in [1.807, 2.05) is 11.4 Å². The number of rotatable bonds is 4. The number of quaternary nitrogens is 1. The maximum absolute atomic E-state index is 13.4. The van der Waals surface area contributed by atoms with Crippen molar-refractivity contribution >= 4 is 22.9 Å². The lowest BCUT2D eigenvalue weighted by Crippen LogP contribution is -2.80. The molecule has 0 radical (unpaired) electrons. The van der Waals surface area contributed by atoms with Gasteiger partial charge in [0.2, 0.25) is 0 Å². The largest absolute Gasteiger partial charge is 0.338 e. The van der Waals surface area contributed by atoms with Crippen LogP contribution in [0.4, 0.5) is 4.39 Å². The third kappa shape index (κ3) is 2.82. The molecule has 0 unspecified atom stereocenters. The van der Waals surface area contributed by atoms with E-state index in [2.05, 4.69) is 11.4 Å². The zero-order valence-corrected chi connectivity index (χ0v) is 10.2. The Hall–Kier alpha value is -0.900. The summed E-state index contributed by atoms with van der Waals surface area (Å²) >= 11 is 7.64. The minimum Gasteiger partial charge on any atom is -0.338 e. The molecule has 0 atom stereocenters. The van der Waals surface area contributed by atoms with Crippen molar-refractivity contribution < 1.29 is 9.71 Å². The molecule has 0 saturated carbocycles. The Morgan fingerprint density at radius 1 is 1.19 bits per heavy atom. The van der Waals surface area contributed by atoms with E-state index in [-0.39, 0.29) is 5.82 Å². The molecular formula is C12H12ClFNS+. The summed E-state index contributed by atoms with van der Waals surface area (Å²) in [6, 6.07) is 8.88. The van der Waals surface area contributed by atoms with Crippen molar-refractivity contribution in [2.45, 2.75) is 13.1 Å². The van der Waals surface area contributed by atoms with E-state index in [0.29, 0.717) is 17.1 Å². The highest BCUT2D eigenvalue weighted by molar-refractivity contribution is 7.09. The van der Waals surface area contributed by atoms with Gasteiger partial charge in [0.15, 0.2) is 0 Å². The number of nitrogens with two attached hydrogens (primary N) is 1. The summed E-state index contributed by atoms with van der Waals surface area (Å²) in [5.74, 6) is -0.227. The van der Waals surface area contributed by atoms with E-state index in [1.54, 1.807) is 23.5 Å². The van der Waals surface area contributed by atoms with Crippen LogP contribution in [0.1, 0.15) is 10.4 Å². The van der Waals surface area contributed by atoms with Gasteiger partial charge in [-0.25, -0.2) is 4.39 Å². The molecule has 0 aliphatic rings. The molecule has 1 heterocycles. The molecule has 0 bridgehead atoms. The van der Waals surface area contributed by atoms with E-state index in [9.17, 15) is 4.39 Å². The number of hydrogen-bond acceptors (Lipinski definition) is 1. The van der Waals surface area contributed by atoms with Gasteiger partial charge in [0.25, 0.3) is 0 Å². The summed E-state index contributed by atoms with van der Waals surface area (Å²) in [7, 11) is 0. The lowest BCUT2D eigenvalue weighted by molar-refractivity contribution is -0.686. The number of thiophene rings is 1. The van der Waals surface area contributed by atoms with Crippen molar-refractivity contribution in [2.75, 3.05) is 0 Å². The Kier molecular flexibility index (Phi) is 3.93. The van der Waals surface area contributed by atoms with Gasteiger partial charge in [0.1, 0.15) is 18.9 Å². The average Bonchev–Trinajstić information content (AvgIpc) is 2.75. The summed E-state index contributed by atoms with van der Waals surface area (Å²) < 4.78 is 13.4. The van der Waals surface area contributed by atoms with E-state index in [1.165, 1.54) is 10.9 Å². The highest BCUT2D eigenvalue weighted by atomic mass is 35.5. The van der Waals surface area contributed by atoms with Crippen LogP contribution < -0.4 is 5.32 Å². The first-order valence-corrected chi connectivity index (χ1v) is 6.30. The molecule has 1 nitrogen and oxygen atoms in total. The van der Waals surface area contributed by atoms with Gasteiger partial charge in [-0.2, -0.15) is 0 Å². The minimum atomic E-state index is -0.227.